The molecule has 0 unspecified atom stereocenters. The van der Waals surface area contributed by atoms with Gasteiger partial charge in [0.1, 0.15) is 5.82 Å². The van der Waals surface area contributed by atoms with Crippen molar-refractivity contribution in [2.75, 3.05) is 31.2 Å². The lowest BCUT2D eigenvalue weighted by molar-refractivity contribution is 0.122. The van der Waals surface area contributed by atoms with Crippen LogP contribution < -0.4 is 4.90 Å². The van der Waals surface area contributed by atoms with Gasteiger partial charge in [0.25, 0.3) is 0 Å². The van der Waals surface area contributed by atoms with Crippen LogP contribution in [0.2, 0.25) is 0 Å². The smallest absolute Gasteiger partial charge is 0.161 e. The van der Waals surface area contributed by atoms with Crippen LogP contribution in [0.1, 0.15) is 10.6 Å². The fraction of sp³-hybridized carbons (Fsp3) is 0.263. The average Bonchev–Trinajstić information content (AvgIpc) is 3.16. The third-order valence-electron chi connectivity index (χ3n) is 4.07. The Bertz CT molecular complexity index is 784. The van der Waals surface area contributed by atoms with Gasteiger partial charge in [-0.2, -0.15) is 0 Å². The van der Waals surface area contributed by atoms with Crippen molar-refractivity contribution in [1.82, 2.24) is 9.97 Å². The van der Waals surface area contributed by atoms with E-state index in [-0.39, 0.29) is 0 Å². The maximum atomic E-state index is 5.47. The molecule has 0 bridgehead atoms. The Morgan fingerprint density at radius 2 is 1.83 bits per heavy atom. The third-order valence-corrected chi connectivity index (χ3v) is 4.94. The minimum Gasteiger partial charge on any atom is -0.378 e. The van der Waals surface area contributed by atoms with Gasteiger partial charge < -0.3 is 9.64 Å². The van der Waals surface area contributed by atoms with Crippen molar-refractivity contribution in [3.63, 3.8) is 0 Å². The molecule has 3 aromatic rings. The monoisotopic (exact) mass is 337 g/mol. The highest BCUT2D eigenvalue weighted by molar-refractivity contribution is 7.09. The van der Waals surface area contributed by atoms with E-state index in [1.54, 1.807) is 11.3 Å². The molecule has 0 saturated carbocycles. The molecular weight excluding hydrogens is 318 g/mol. The first-order valence-corrected chi connectivity index (χ1v) is 9.05. The van der Waals surface area contributed by atoms with E-state index < -0.39 is 0 Å². The normalized spacial score (nSPS) is 14.8. The van der Waals surface area contributed by atoms with Crippen molar-refractivity contribution in [2.24, 2.45) is 0 Å². The van der Waals surface area contributed by atoms with E-state index in [1.165, 1.54) is 4.88 Å². The summed E-state index contributed by atoms with van der Waals surface area (Å²) >= 11 is 1.77. The van der Waals surface area contributed by atoms with Crippen molar-refractivity contribution in [3.05, 3.63) is 64.5 Å². The molecule has 0 amide bonds. The summed E-state index contributed by atoms with van der Waals surface area (Å²) in [4.78, 5) is 13.2. The zero-order valence-corrected chi connectivity index (χ0v) is 14.2. The van der Waals surface area contributed by atoms with Crippen LogP contribution in [-0.2, 0) is 11.2 Å². The molecule has 1 aliphatic heterocycles. The standard InChI is InChI=1S/C19H19N3OS/c1-2-5-15(6-3-1)19-20-16(13-17-7-4-12-24-17)14-18(21-19)22-8-10-23-11-9-22/h1-7,12,14H,8-11,13H2. The van der Waals surface area contributed by atoms with Gasteiger partial charge in [-0.3, -0.25) is 0 Å². The molecule has 4 nitrogen and oxygen atoms in total. The molecular formula is C19H19N3OS. The van der Waals surface area contributed by atoms with Crippen molar-refractivity contribution >= 4 is 17.2 Å². The molecule has 4 rings (SSSR count). The van der Waals surface area contributed by atoms with Crippen LogP contribution in [0, 0.1) is 0 Å². The molecule has 3 heterocycles. The molecule has 1 aliphatic rings. The highest BCUT2D eigenvalue weighted by atomic mass is 32.1. The van der Waals surface area contributed by atoms with Crippen molar-refractivity contribution < 1.29 is 4.74 Å². The van der Waals surface area contributed by atoms with Crippen LogP contribution in [-0.4, -0.2) is 36.3 Å². The summed E-state index contributed by atoms with van der Waals surface area (Å²) in [5.74, 6) is 1.80. The number of morpholine rings is 1. The molecule has 0 aliphatic carbocycles. The second-order valence-corrected chi connectivity index (χ2v) is 6.79. The predicted octanol–water partition coefficient (Wildman–Crippen LogP) is 3.63. The van der Waals surface area contributed by atoms with E-state index in [4.69, 9.17) is 14.7 Å². The van der Waals surface area contributed by atoms with Crippen LogP contribution in [0.5, 0.6) is 0 Å². The van der Waals surface area contributed by atoms with Gasteiger partial charge in [0, 0.05) is 36.0 Å². The van der Waals surface area contributed by atoms with Crippen molar-refractivity contribution in [2.45, 2.75) is 6.42 Å². The summed E-state index contributed by atoms with van der Waals surface area (Å²) in [5, 5.41) is 2.11. The SMILES string of the molecule is c1ccc(-c2nc(Cc3cccs3)cc(N3CCOCC3)n2)cc1. The Hall–Kier alpha value is -2.24. The fourth-order valence-electron chi connectivity index (χ4n) is 2.84. The Kier molecular flexibility index (Phi) is 4.53. The van der Waals surface area contributed by atoms with Gasteiger partial charge in [0.05, 0.1) is 18.9 Å². The van der Waals surface area contributed by atoms with Crippen LogP contribution in [0.15, 0.2) is 53.9 Å². The summed E-state index contributed by atoms with van der Waals surface area (Å²) in [6, 6.07) is 16.6. The number of thiophene rings is 1. The first-order valence-electron chi connectivity index (χ1n) is 8.17. The molecule has 24 heavy (non-hydrogen) atoms. The van der Waals surface area contributed by atoms with E-state index in [2.05, 4.69) is 40.6 Å². The number of ether oxygens (including phenoxy) is 1. The molecule has 0 N–H and O–H groups in total. The lowest BCUT2D eigenvalue weighted by Crippen LogP contribution is -2.37. The third kappa shape index (κ3) is 3.47. The van der Waals surface area contributed by atoms with Crippen molar-refractivity contribution in [3.8, 4) is 11.4 Å². The first-order chi connectivity index (χ1) is 11.9. The number of nitrogens with zero attached hydrogens (tertiary/aromatic N) is 3. The van der Waals surface area contributed by atoms with E-state index in [0.29, 0.717) is 0 Å². The molecule has 1 aromatic carbocycles. The van der Waals surface area contributed by atoms with Crippen LogP contribution in [0.25, 0.3) is 11.4 Å². The van der Waals surface area contributed by atoms with Crippen LogP contribution in [0.3, 0.4) is 0 Å². The summed E-state index contributed by atoms with van der Waals surface area (Å²) in [5.41, 5.74) is 2.12. The molecule has 2 aromatic heterocycles. The second kappa shape index (κ2) is 7.11. The van der Waals surface area contributed by atoms with E-state index >= 15 is 0 Å². The predicted molar refractivity (Wildman–Crippen MR) is 97.6 cm³/mol. The van der Waals surface area contributed by atoms with Gasteiger partial charge in [-0.05, 0) is 11.4 Å². The number of hydrogen-bond donors (Lipinski definition) is 0. The highest BCUT2D eigenvalue weighted by Crippen LogP contribution is 2.23. The largest absolute Gasteiger partial charge is 0.378 e. The number of aromatic nitrogens is 2. The summed E-state index contributed by atoms with van der Waals surface area (Å²) in [6.45, 7) is 3.27. The lowest BCUT2D eigenvalue weighted by atomic mass is 10.2. The highest BCUT2D eigenvalue weighted by Gasteiger charge is 2.16. The van der Waals surface area contributed by atoms with Gasteiger partial charge in [-0.25, -0.2) is 9.97 Å². The maximum absolute atomic E-state index is 5.47. The lowest BCUT2D eigenvalue weighted by Gasteiger charge is -2.28. The van der Waals surface area contributed by atoms with Crippen LogP contribution >= 0.6 is 11.3 Å². The Labute approximate surface area is 145 Å². The number of hydrogen-bond acceptors (Lipinski definition) is 5. The van der Waals surface area contributed by atoms with Gasteiger partial charge >= 0.3 is 0 Å². The van der Waals surface area contributed by atoms with Gasteiger partial charge in [0.2, 0.25) is 0 Å². The van der Waals surface area contributed by atoms with Crippen molar-refractivity contribution in [1.29, 1.82) is 0 Å². The minimum absolute atomic E-state index is 0.755. The summed E-state index contributed by atoms with van der Waals surface area (Å²) in [7, 11) is 0. The minimum atomic E-state index is 0.755. The average molecular weight is 337 g/mol. The number of rotatable bonds is 4. The Morgan fingerprint density at radius 3 is 2.58 bits per heavy atom. The van der Waals surface area contributed by atoms with Gasteiger partial charge in [0.15, 0.2) is 5.82 Å². The summed E-state index contributed by atoms with van der Waals surface area (Å²) < 4.78 is 5.47. The molecule has 0 radical (unpaired) electrons. The first kappa shape index (κ1) is 15.3. The van der Waals surface area contributed by atoms with E-state index in [1.807, 2.05) is 18.2 Å². The molecule has 122 valence electrons. The maximum Gasteiger partial charge on any atom is 0.161 e. The molecule has 0 atom stereocenters. The van der Waals surface area contributed by atoms with E-state index in [9.17, 15) is 0 Å². The molecule has 1 fully saturated rings. The quantitative estimate of drug-likeness (QED) is 0.729. The topological polar surface area (TPSA) is 38.2 Å². The summed E-state index contributed by atoms with van der Waals surface area (Å²) in [6.07, 6.45) is 0.845. The second-order valence-electron chi connectivity index (χ2n) is 5.76. The van der Waals surface area contributed by atoms with Gasteiger partial charge in [-0.1, -0.05) is 36.4 Å². The number of benzene rings is 1. The Morgan fingerprint density at radius 1 is 1.00 bits per heavy atom. The van der Waals surface area contributed by atoms with Gasteiger partial charge in [-0.15, -0.1) is 11.3 Å². The fourth-order valence-corrected chi connectivity index (χ4v) is 3.56. The molecule has 0 spiro atoms. The van der Waals surface area contributed by atoms with Crippen LogP contribution in [0.4, 0.5) is 5.82 Å². The zero-order valence-electron chi connectivity index (χ0n) is 13.4. The zero-order chi connectivity index (χ0) is 16.2. The molecule has 5 heteroatoms. The van der Waals surface area contributed by atoms with E-state index in [0.717, 1.165) is 55.6 Å². The number of anilines is 1. The molecule has 1 saturated heterocycles. The Balaban J connectivity index is 1.72.